The largest absolute Gasteiger partial charge is 0.398 e. The van der Waals surface area contributed by atoms with Crippen LogP contribution in [-0.4, -0.2) is 0 Å². The molecule has 0 saturated carbocycles. The van der Waals surface area contributed by atoms with E-state index in [1.807, 2.05) is 24.3 Å². The number of hydrogen-bond donors (Lipinski definition) is 1. The van der Waals surface area contributed by atoms with Gasteiger partial charge >= 0.3 is 0 Å². The van der Waals surface area contributed by atoms with Crippen LogP contribution in [0.25, 0.3) is 5.57 Å². The first kappa shape index (κ1) is 16.2. The number of hydrogen-bond acceptors (Lipinski definition) is 1. The Morgan fingerprint density at radius 2 is 1.82 bits per heavy atom. The summed E-state index contributed by atoms with van der Waals surface area (Å²) < 4.78 is 28.0. The predicted octanol–water partition coefficient (Wildman–Crippen LogP) is 3.83. The molecule has 0 aliphatic rings. The van der Waals surface area contributed by atoms with E-state index in [-0.39, 0.29) is 11.1 Å². The van der Waals surface area contributed by atoms with E-state index < -0.39 is 11.6 Å². The third kappa shape index (κ3) is 3.17. The van der Waals surface area contributed by atoms with Crippen LogP contribution in [0.2, 0.25) is 0 Å². The van der Waals surface area contributed by atoms with Crippen LogP contribution in [0.15, 0.2) is 60.5 Å². The third-order valence-corrected chi connectivity index (χ3v) is 3.72. The average molecular weight is 315 g/mol. The number of rotatable bonds is 3. The summed E-state index contributed by atoms with van der Waals surface area (Å²) in [6.07, 6.45) is 1.47. The lowest BCUT2D eigenvalue weighted by Gasteiger charge is -2.14. The highest BCUT2D eigenvalue weighted by atomic mass is 31.0. The van der Waals surface area contributed by atoms with Crippen LogP contribution in [0.3, 0.4) is 0 Å². The van der Waals surface area contributed by atoms with Crippen LogP contribution in [0.1, 0.15) is 16.7 Å². The van der Waals surface area contributed by atoms with Crippen LogP contribution < -0.4 is 11.0 Å². The highest BCUT2D eigenvalue weighted by Crippen LogP contribution is 2.30. The second-order valence-corrected chi connectivity index (χ2v) is 5.50. The van der Waals surface area contributed by atoms with E-state index in [0.717, 1.165) is 10.9 Å². The van der Waals surface area contributed by atoms with Crippen molar-refractivity contribution in [2.45, 2.75) is 6.92 Å². The van der Waals surface area contributed by atoms with Gasteiger partial charge in [-0.2, -0.15) is 0 Å². The highest BCUT2D eigenvalue weighted by molar-refractivity contribution is 7.27. The fourth-order valence-corrected chi connectivity index (χ4v) is 2.36. The maximum Gasteiger partial charge on any atom is 0.136 e. The predicted molar refractivity (Wildman–Crippen MR) is 90.8 cm³/mol. The first-order valence-corrected chi connectivity index (χ1v) is 7.20. The molecular formula is C18H16F2NP. The van der Waals surface area contributed by atoms with Crippen molar-refractivity contribution in [2.24, 2.45) is 5.73 Å². The molecule has 0 heterocycles. The zero-order chi connectivity index (χ0) is 16.3. The molecule has 0 fully saturated rings. The fraction of sp³-hybridized carbons (Fsp3) is 0.0556. The molecule has 2 aromatic rings. The van der Waals surface area contributed by atoms with Crippen molar-refractivity contribution in [3.05, 3.63) is 88.8 Å². The Balaban J connectivity index is 2.76. The Kier molecular flexibility index (Phi) is 4.92. The van der Waals surface area contributed by atoms with Crippen molar-refractivity contribution in [3.63, 3.8) is 0 Å². The topological polar surface area (TPSA) is 26.0 Å². The molecule has 1 atom stereocenters. The summed E-state index contributed by atoms with van der Waals surface area (Å²) in [5.41, 5.74) is 10.4. The summed E-state index contributed by atoms with van der Waals surface area (Å²) in [6.45, 7) is 4.89. The SMILES string of the molecule is C=C=C/C(N)=C(/c1ccc(P)cc1)c1ccc(F)c(C)c1F. The Labute approximate surface area is 131 Å². The highest BCUT2D eigenvalue weighted by Gasteiger charge is 2.17. The molecule has 0 radical (unpaired) electrons. The van der Waals surface area contributed by atoms with Gasteiger partial charge in [0, 0.05) is 28.5 Å². The lowest BCUT2D eigenvalue weighted by atomic mass is 9.94. The van der Waals surface area contributed by atoms with Gasteiger partial charge in [0.1, 0.15) is 11.6 Å². The van der Waals surface area contributed by atoms with E-state index in [1.54, 1.807) is 0 Å². The number of benzene rings is 2. The molecule has 0 aliphatic heterocycles. The Morgan fingerprint density at radius 3 is 2.41 bits per heavy atom. The van der Waals surface area contributed by atoms with Gasteiger partial charge in [-0.05, 0) is 29.9 Å². The van der Waals surface area contributed by atoms with Crippen LogP contribution in [0, 0.1) is 18.6 Å². The second kappa shape index (κ2) is 6.70. The van der Waals surface area contributed by atoms with Gasteiger partial charge in [0.15, 0.2) is 0 Å². The van der Waals surface area contributed by atoms with E-state index >= 15 is 0 Å². The molecular weight excluding hydrogens is 299 g/mol. The molecule has 1 nitrogen and oxygen atoms in total. The Bertz CT molecular complexity index is 785. The van der Waals surface area contributed by atoms with E-state index in [9.17, 15) is 8.78 Å². The molecule has 2 aromatic carbocycles. The van der Waals surface area contributed by atoms with Crippen molar-refractivity contribution in [1.82, 2.24) is 0 Å². The molecule has 112 valence electrons. The summed E-state index contributed by atoms with van der Waals surface area (Å²) in [5.74, 6) is -1.20. The van der Waals surface area contributed by atoms with E-state index in [0.29, 0.717) is 11.3 Å². The summed E-state index contributed by atoms with van der Waals surface area (Å²) in [6, 6.07) is 10.0. The van der Waals surface area contributed by atoms with Crippen LogP contribution in [0.4, 0.5) is 8.78 Å². The number of halogens is 2. The molecule has 0 amide bonds. The van der Waals surface area contributed by atoms with Gasteiger partial charge in [0.2, 0.25) is 0 Å². The molecule has 22 heavy (non-hydrogen) atoms. The van der Waals surface area contributed by atoms with Gasteiger partial charge in [-0.15, -0.1) is 15.0 Å². The van der Waals surface area contributed by atoms with Crippen molar-refractivity contribution >= 4 is 20.1 Å². The van der Waals surface area contributed by atoms with Crippen molar-refractivity contribution in [3.8, 4) is 0 Å². The monoisotopic (exact) mass is 315 g/mol. The van der Waals surface area contributed by atoms with Gasteiger partial charge in [-0.25, -0.2) is 8.78 Å². The van der Waals surface area contributed by atoms with Gasteiger partial charge in [0.05, 0.1) is 0 Å². The molecule has 4 heteroatoms. The van der Waals surface area contributed by atoms with Gasteiger partial charge in [-0.1, -0.05) is 30.8 Å². The lowest BCUT2D eigenvalue weighted by molar-refractivity contribution is 0.566. The van der Waals surface area contributed by atoms with Crippen molar-refractivity contribution < 1.29 is 8.78 Å². The maximum atomic E-state index is 14.5. The zero-order valence-electron chi connectivity index (χ0n) is 12.2. The average Bonchev–Trinajstić information content (AvgIpc) is 2.49. The quantitative estimate of drug-likeness (QED) is 0.520. The molecule has 2 rings (SSSR count). The molecule has 0 spiro atoms. The minimum atomic E-state index is -0.620. The van der Waals surface area contributed by atoms with Gasteiger partial charge in [-0.3, -0.25) is 0 Å². The summed E-state index contributed by atoms with van der Waals surface area (Å²) in [7, 11) is 2.58. The number of allylic oxidation sites excluding steroid dienone is 1. The lowest BCUT2D eigenvalue weighted by Crippen LogP contribution is -2.05. The Hall–Kier alpha value is -2.21. The minimum Gasteiger partial charge on any atom is -0.398 e. The van der Waals surface area contributed by atoms with Crippen molar-refractivity contribution in [2.75, 3.05) is 0 Å². The van der Waals surface area contributed by atoms with Crippen LogP contribution in [0.5, 0.6) is 0 Å². The van der Waals surface area contributed by atoms with Crippen molar-refractivity contribution in [1.29, 1.82) is 0 Å². The molecule has 2 N–H and O–H groups in total. The normalized spacial score (nSPS) is 11.6. The molecule has 0 aliphatic carbocycles. The van der Waals surface area contributed by atoms with E-state index in [4.69, 9.17) is 5.73 Å². The standard InChI is InChI=1S/C18H16F2NP/c1-3-4-16(21)17(12-5-7-13(22)8-6-12)14-9-10-15(19)11(2)18(14)20/h4-10H,1,21-22H2,2H3/b17-16+. The first-order valence-electron chi connectivity index (χ1n) is 6.62. The molecule has 0 bridgehead atoms. The van der Waals surface area contributed by atoms with Crippen LogP contribution >= 0.6 is 9.24 Å². The molecule has 1 unspecified atom stereocenters. The summed E-state index contributed by atoms with van der Waals surface area (Å²) in [5, 5.41) is 0.997. The fourth-order valence-electron chi connectivity index (χ4n) is 2.16. The van der Waals surface area contributed by atoms with E-state index in [2.05, 4.69) is 21.5 Å². The zero-order valence-corrected chi connectivity index (χ0v) is 13.3. The maximum absolute atomic E-state index is 14.5. The Morgan fingerprint density at radius 1 is 1.18 bits per heavy atom. The minimum absolute atomic E-state index is 0.0342. The summed E-state index contributed by atoms with van der Waals surface area (Å²) >= 11 is 0. The molecule has 0 aromatic heterocycles. The van der Waals surface area contributed by atoms with E-state index in [1.165, 1.54) is 25.1 Å². The van der Waals surface area contributed by atoms with Crippen LogP contribution in [-0.2, 0) is 0 Å². The molecule has 0 saturated heterocycles. The van der Waals surface area contributed by atoms with Gasteiger partial charge in [0.25, 0.3) is 0 Å². The first-order chi connectivity index (χ1) is 10.5. The second-order valence-electron chi connectivity index (χ2n) is 4.83. The van der Waals surface area contributed by atoms with Gasteiger partial charge < -0.3 is 5.73 Å². The number of nitrogens with two attached hydrogens (primary N) is 1. The summed E-state index contributed by atoms with van der Waals surface area (Å²) in [4.78, 5) is 0. The smallest absolute Gasteiger partial charge is 0.136 e. The third-order valence-electron chi connectivity index (χ3n) is 3.34.